The normalized spacial score (nSPS) is 23.1. The lowest BCUT2D eigenvalue weighted by Gasteiger charge is -2.32. The van der Waals surface area contributed by atoms with Gasteiger partial charge in [0.05, 0.1) is 24.0 Å². The molecule has 0 unspecified atom stereocenters. The van der Waals surface area contributed by atoms with Gasteiger partial charge >= 0.3 is 25.5 Å². The topological polar surface area (TPSA) is 190 Å². The van der Waals surface area contributed by atoms with E-state index in [9.17, 15) is 18.9 Å². The van der Waals surface area contributed by atoms with Gasteiger partial charge in [0.2, 0.25) is 13.6 Å². The van der Waals surface area contributed by atoms with E-state index in [1.165, 1.54) is 19.2 Å². The second-order valence-corrected chi connectivity index (χ2v) is 13.2. The maximum atomic E-state index is 15.5. The van der Waals surface area contributed by atoms with Crippen LogP contribution in [0.2, 0.25) is 0 Å². The molecule has 0 radical (unpaired) electrons. The molecule has 4 atom stereocenters. The molecule has 0 aromatic carbocycles. The molecule has 1 aromatic heterocycles. The number of nitrogens with zero attached hydrogens (tertiary/aromatic N) is 5. The van der Waals surface area contributed by atoms with Gasteiger partial charge in [-0.3, -0.25) is 18.7 Å². The summed E-state index contributed by atoms with van der Waals surface area (Å²) in [6, 6.07) is 1.49. The van der Waals surface area contributed by atoms with Crippen LogP contribution in [0.5, 0.6) is 0 Å². The molecule has 0 N–H and O–H groups in total. The second kappa shape index (κ2) is 13.4. The summed E-state index contributed by atoms with van der Waals surface area (Å²) in [6.45, 7) is 9.60. The Kier molecular flexibility index (Phi) is 11.2. The van der Waals surface area contributed by atoms with Gasteiger partial charge in [-0.2, -0.15) is 4.98 Å². The van der Waals surface area contributed by atoms with Crippen molar-refractivity contribution in [3.63, 3.8) is 0 Å². The Bertz CT molecular complexity index is 1220. The summed E-state index contributed by atoms with van der Waals surface area (Å²) in [5.41, 5.74) is 5.02. The Balaban J connectivity index is 2.31. The van der Waals surface area contributed by atoms with Crippen LogP contribution in [0.25, 0.3) is 10.4 Å². The van der Waals surface area contributed by atoms with Crippen LogP contribution in [0, 0.1) is 23.7 Å². The number of phosphoric ester groups is 1. The Morgan fingerprint density at radius 2 is 1.68 bits per heavy atom. The summed E-state index contributed by atoms with van der Waals surface area (Å²) in [4.78, 5) is 43.1. The van der Waals surface area contributed by atoms with Gasteiger partial charge in [-0.15, -0.1) is 0 Å². The van der Waals surface area contributed by atoms with Gasteiger partial charge in [0, 0.05) is 22.7 Å². The number of phosphoric acid groups is 1. The molecule has 0 amide bonds. The van der Waals surface area contributed by atoms with E-state index in [4.69, 9.17) is 33.3 Å². The summed E-state index contributed by atoms with van der Waals surface area (Å²) in [5.74, 6) is -2.44. The summed E-state index contributed by atoms with van der Waals surface area (Å²) < 4.78 is 61.6. The monoisotopic (exact) mass is 605 g/mol. The summed E-state index contributed by atoms with van der Waals surface area (Å²) in [7, 11) is -4.69. The van der Waals surface area contributed by atoms with E-state index in [0.717, 1.165) is 4.57 Å². The highest BCUT2D eigenvalue weighted by Gasteiger charge is 2.55. The first kappa shape index (κ1) is 34.3. The number of ether oxygens (including phenoxy) is 3. The molecule has 2 rings (SSSR count). The third-order valence-corrected chi connectivity index (χ3v) is 7.36. The molecule has 0 aliphatic carbocycles. The zero-order valence-corrected chi connectivity index (χ0v) is 25.3. The van der Waals surface area contributed by atoms with E-state index >= 15 is 4.39 Å². The number of rotatable bonds is 12. The van der Waals surface area contributed by atoms with E-state index in [2.05, 4.69) is 15.0 Å². The number of hydrogen-bond acceptors (Lipinski definition) is 12. The average molecular weight is 606 g/mol. The number of hydrogen-bond donors (Lipinski definition) is 0. The SMILES string of the molecule is Cc1ccn([C@@H]2O[C@](CN=[N+]=[N-])(COP(=O)(OCOC(=O)C(C)(C)C)OCOC(=O)C(C)(C)C)[C@@H](C)[C@H]2F)c(=O)n1. The van der Waals surface area contributed by atoms with Crippen molar-refractivity contribution in [2.45, 2.75) is 73.4 Å². The minimum atomic E-state index is -4.69. The van der Waals surface area contributed by atoms with E-state index in [0.29, 0.717) is 5.69 Å². The lowest BCUT2D eigenvalue weighted by Crippen LogP contribution is -2.43. The highest BCUT2D eigenvalue weighted by atomic mass is 31.2. The van der Waals surface area contributed by atoms with Crippen molar-refractivity contribution in [2.75, 3.05) is 26.7 Å². The number of carbonyl (C=O) groups excluding carboxylic acids is 2. The molecule has 1 aliphatic heterocycles. The quantitative estimate of drug-likeness (QED) is 0.0821. The fourth-order valence-corrected chi connectivity index (χ4v) is 4.38. The van der Waals surface area contributed by atoms with Crippen molar-refractivity contribution in [3.8, 4) is 0 Å². The van der Waals surface area contributed by atoms with Gasteiger partial charge in [0.25, 0.3) is 0 Å². The third-order valence-electron chi connectivity index (χ3n) is 6.07. The Hall–Kier alpha value is -2.87. The van der Waals surface area contributed by atoms with Crippen molar-refractivity contribution in [3.05, 3.63) is 38.9 Å². The number of azide groups is 1. The van der Waals surface area contributed by atoms with E-state index in [1.807, 2.05) is 0 Å². The molecular formula is C24H37FN5O10P. The predicted molar refractivity (Wildman–Crippen MR) is 141 cm³/mol. The van der Waals surface area contributed by atoms with Crippen LogP contribution in [-0.4, -0.2) is 60.0 Å². The number of alkyl halides is 1. The van der Waals surface area contributed by atoms with Gasteiger partial charge in [-0.1, -0.05) is 12.0 Å². The molecule has 15 nitrogen and oxygen atoms in total. The molecule has 1 aromatic rings. The number of carbonyl (C=O) groups is 2. The highest BCUT2D eigenvalue weighted by molar-refractivity contribution is 7.48. The fourth-order valence-electron chi connectivity index (χ4n) is 3.42. The Morgan fingerprint density at radius 3 is 2.15 bits per heavy atom. The minimum Gasteiger partial charge on any atom is -0.437 e. The lowest BCUT2D eigenvalue weighted by molar-refractivity contribution is -0.164. The molecule has 0 spiro atoms. The lowest BCUT2D eigenvalue weighted by atomic mass is 9.88. The summed E-state index contributed by atoms with van der Waals surface area (Å²) >= 11 is 0. The largest absolute Gasteiger partial charge is 0.480 e. The van der Waals surface area contributed by atoms with Crippen LogP contribution in [0.15, 0.2) is 22.2 Å². The molecule has 17 heteroatoms. The van der Waals surface area contributed by atoms with Crippen molar-refractivity contribution in [2.24, 2.45) is 21.9 Å². The van der Waals surface area contributed by atoms with E-state index in [-0.39, 0.29) is 0 Å². The van der Waals surface area contributed by atoms with Crippen LogP contribution in [0.1, 0.15) is 60.4 Å². The minimum absolute atomic E-state index is 0.408. The van der Waals surface area contributed by atoms with Crippen LogP contribution in [0.4, 0.5) is 4.39 Å². The van der Waals surface area contributed by atoms with Crippen molar-refractivity contribution >= 4 is 19.8 Å². The van der Waals surface area contributed by atoms with E-state index in [1.54, 1.807) is 48.5 Å². The van der Waals surface area contributed by atoms with Crippen molar-refractivity contribution < 1.29 is 46.3 Å². The maximum Gasteiger partial charge on any atom is 0.480 e. The van der Waals surface area contributed by atoms with Gasteiger partial charge in [0.15, 0.2) is 12.4 Å². The van der Waals surface area contributed by atoms with Gasteiger partial charge in [-0.05, 0) is 60.1 Å². The molecule has 1 aliphatic rings. The summed E-state index contributed by atoms with van der Waals surface area (Å²) in [5, 5.41) is 3.50. The Labute approximate surface area is 236 Å². The molecule has 1 fully saturated rings. The van der Waals surface area contributed by atoms with Gasteiger partial charge in [-0.25, -0.2) is 22.8 Å². The zero-order chi connectivity index (χ0) is 31.2. The number of aromatic nitrogens is 2. The molecule has 230 valence electrons. The molecule has 0 saturated carbocycles. The smallest absolute Gasteiger partial charge is 0.437 e. The average Bonchev–Trinajstić information content (AvgIpc) is 3.10. The molecular weight excluding hydrogens is 568 g/mol. The Morgan fingerprint density at radius 1 is 1.15 bits per heavy atom. The molecule has 2 heterocycles. The highest BCUT2D eigenvalue weighted by Crippen LogP contribution is 2.52. The first-order valence-electron chi connectivity index (χ1n) is 12.6. The summed E-state index contributed by atoms with van der Waals surface area (Å²) in [6.07, 6.45) is -1.98. The van der Waals surface area contributed by atoms with Crippen LogP contribution >= 0.6 is 7.82 Å². The van der Waals surface area contributed by atoms with E-state index < -0.39 is 86.9 Å². The number of esters is 2. The fraction of sp³-hybridized carbons (Fsp3) is 0.750. The molecule has 1 saturated heterocycles. The first-order chi connectivity index (χ1) is 18.8. The maximum absolute atomic E-state index is 15.5. The number of halogens is 1. The number of aryl methyl sites for hydroxylation is 1. The predicted octanol–water partition coefficient (Wildman–Crippen LogP) is 4.36. The standard InChI is InChI=1S/C24H37FN5O10P/c1-15-9-10-30(21(33)28-15)18-17(25)16(2)24(40-18,11-27-29-26)12-37-41(34,38-13-35-19(31)22(3,4)5)39-14-36-20(32)23(6,7)8/h9-10,16-18H,11-14H2,1-8H3/t16-,17+,18+,24+/m0/s1. The third kappa shape index (κ3) is 9.06. The second-order valence-electron chi connectivity index (χ2n) is 11.5. The van der Waals surface area contributed by atoms with Gasteiger partial charge < -0.3 is 14.2 Å². The van der Waals surface area contributed by atoms with Crippen molar-refractivity contribution in [1.82, 2.24) is 9.55 Å². The van der Waals surface area contributed by atoms with Crippen LogP contribution < -0.4 is 5.69 Å². The molecule has 0 bridgehead atoms. The van der Waals surface area contributed by atoms with Crippen molar-refractivity contribution in [1.29, 1.82) is 0 Å². The van der Waals surface area contributed by atoms with Gasteiger partial charge in [0.1, 0.15) is 5.60 Å². The van der Waals surface area contributed by atoms with Crippen LogP contribution in [0.3, 0.4) is 0 Å². The first-order valence-corrected chi connectivity index (χ1v) is 14.1. The zero-order valence-electron chi connectivity index (χ0n) is 24.4. The van der Waals surface area contributed by atoms with Crippen LogP contribution in [-0.2, 0) is 41.9 Å². The molecule has 41 heavy (non-hydrogen) atoms.